The Labute approximate surface area is 126 Å². The van der Waals surface area contributed by atoms with Gasteiger partial charge >= 0.3 is 0 Å². The molecule has 1 heterocycles. The van der Waals surface area contributed by atoms with E-state index in [4.69, 9.17) is 11.6 Å². The summed E-state index contributed by atoms with van der Waals surface area (Å²) in [6.07, 6.45) is 0.521. The molecule has 0 saturated carbocycles. The van der Waals surface area contributed by atoms with E-state index in [1.807, 2.05) is 25.1 Å². The molecule has 0 amide bonds. The number of imidazole rings is 1. The van der Waals surface area contributed by atoms with E-state index in [9.17, 15) is 8.78 Å². The van der Waals surface area contributed by atoms with Crippen LogP contribution in [-0.4, -0.2) is 15.4 Å². The molecule has 0 N–H and O–H groups in total. The molecule has 2 nitrogen and oxygen atoms in total. The van der Waals surface area contributed by atoms with E-state index < -0.39 is 11.6 Å². The lowest BCUT2D eigenvalue weighted by molar-refractivity contribution is 0.581. The average molecular weight is 307 g/mol. The summed E-state index contributed by atoms with van der Waals surface area (Å²) in [5.41, 5.74) is 3.10. The van der Waals surface area contributed by atoms with Crippen molar-refractivity contribution in [2.24, 2.45) is 0 Å². The summed E-state index contributed by atoms with van der Waals surface area (Å²) < 4.78 is 28.8. The summed E-state index contributed by atoms with van der Waals surface area (Å²) in [5, 5.41) is 0. The third-order valence-electron chi connectivity index (χ3n) is 3.30. The summed E-state index contributed by atoms with van der Waals surface area (Å²) in [4.78, 5) is 4.53. The molecule has 0 saturated heterocycles. The Balaban J connectivity index is 2.30. The summed E-state index contributed by atoms with van der Waals surface area (Å²) >= 11 is 5.82. The standard InChI is InChI=1S/C16H13ClF2N2/c1-10-2-3-15-14(6-10)20-16(4-5-17)21(15)13-8-11(18)7-12(19)9-13/h2-3,6-9H,4-5H2,1H3. The van der Waals surface area contributed by atoms with E-state index in [2.05, 4.69) is 4.98 Å². The van der Waals surface area contributed by atoms with Gasteiger partial charge in [-0.25, -0.2) is 13.8 Å². The fraction of sp³-hybridized carbons (Fsp3) is 0.188. The third-order valence-corrected chi connectivity index (χ3v) is 3.49. The van der Waals surface area contributed by atoms with Gasteiger partial charge in [0, 0.05) is 18.4 Å². The maximum Gasteiger partial charge on any atom is 0.128 e. The van der Waals surface area contributed by atoms with Crippen LogP contribution in [0.15, 0.2) is 36.4 Å². The number of hydrogen-bond acceptors (Lipinski definition) is 1. The van der Waals surface area contributed by atoms with Crippen LogP contribution in [0.2, 0.25) is 0 Å². The highest BCUT2D eigenvalue weighted by Gasteiger charge is 2.13. The first-order chi connectivity index (χ1) is 10.1. The quantitative estimate of drug-likeness (QED) is 0.656. The first-order valence-electron chi connectivity index (χ1n) is 6.59. The van der Waals surface area contributed by atoms with Crippen LogP contribution >= 0.6 is 11.6 Å². The van der Waals surface area contributed by atoms with Gasteiger partial charge < -0.3 is 0 Å². The molecule has 0 aliphatic heterocycles. The van der Waals surface area contributed by atoms with Crippen LogP contribution in [0.5, 0.6) is 0 Å². The third kappa shape index (κ3) is 2.63. The number of fused-ring (bicyclic) bond motifs is 1. The minimum atomic E-state index is -0.615. The molecule has 0 bridgehead atoms. The molecule has 0 fully saturated rings. The molecule has 3 rings (SSSR count). The second-order valence-corrected chi connectivity index (χ2v) is 5.30. The molecule has 0 aliphatic rings. The van der Waals surface area contributed by atoms with Crippen molar-refractivity contribution in [2.45, 2.75) is 13.3 Å². The SMILES string of the molecule is Cc1ccc2c(c1)nc(CCCl)n2-c1cc(F)cc(F)c1. The van der Waals surface area contributed by atoms with Crippen molar-refractivity contribution in [3.63, 3.8) is 0 Å². The molecule has 0 unspecified atom stereocenters. The van der Waals surface area contributed by atoms with Crippen molar-refractivity contribution in [2.75, 3.05) is 5.88 Å². The highest BCUT2D eigenvalue weighted by molar-refractivity contribution is 6.17. The lowest BCUT2D eigenvalue weighted by atomic mass is 10.2. The number of hydrogen-bond donors (Lipinski definition) is 0. The number of rotatable bonds is 3. The molecular formula is C16H13ClF2N2. The fourth-order valence-corrected chi connectivity index (χ4v) is 2.62. The predicted octanol–water partition coefficient (Wildman–Crippen LogP) is 4.39. The number of halogens is 3. The molecule has 108 valence electrons. The van der Waals surface area contributed by atoms with Gasteiger partial charge in [-0.05, 0) is 36.8 Å². The lowest BCUT2D eigenvalue weighted by Gasteiger charge is -2.09. The minimum absolute atomic E-state index is 0.389. The molecule has 21 heavy (non-hydrogen) atoms. The molecule has 1 aromatic heterocycles. The average Bonchev–Trinajstić information content (AvgIpc) is 2.75. The molecule has 0 spiro atoms. The monoisotopic (exact) mass is 306 g/mol. The van der Waals surface area contributed by atoms with Crippen molar-refractivity contribution < 1.29 is 8.78 Å². The zero-order chi connectivity index (χ0) is 15.0. The Bertz CT molecular complexity index is 791. The molecule has 5 heteroatoms. The maximum absolute atomic E-state index is 13.5. The first-order valence-corrected chi connectivity index (χ1v) is 7.12. The number of nitrogens with zero attached hydrogens (tertiary/aromatic N) is 2. The number of aromatic nitrogens is 2. The topological polar surface area (TPSA) is 17.8 Å². The second-order valence-electron chi connectivity index (χ2n) is 4.92. The summed E-state index contributed by atoms with van der Waals surface area (Å²) in [6, 6.07) is 9.23. The van der Waals surface area contributed by atoms with Gasteiger partial charge in [0.05, 0.1) is 16.7 Å². The summed E-state index contributed by atoms with van der Waals surface area (Å²) in [7, 11) is 0. The van der Waals surface area contributed by atoms with Crippen molar-refractivity contribution >= 4 is 22.6 Å². The van der Waals surface area contributed by atoms with Crippen LogP contribution in [0.25, 0.3) is 16.7 Å². The Morgan fingerprint density at radius 3 is 2.48 bits per heavy atom. The Morgan fingerprint density at radius 2 is 1.81 bits per heavy atom. The lowest BCUT2D eigenvalue weighted by Crippen LogP contribution is -2.03. The maximum atomic E-state index is 13.5. The van der Waals surface area contributed by atoms with Gasteiger partial charge in [0.15, 0.2) is 0 Å². The normalized spacial score (nSPS) is 11.2. The van der Waals surface area contributed by atoms with Crippen LogP contribution in [-0.2, 0) is 6.42 Å². The number of alkyl halides is 1. The van der Waals surface area contributed by atoms with E-state index >= 15 is 0 Å². The van der Waals surface area contributed by atoms with Gasteiger partial charge in [0.25, 0.3) is 0 Å². The minimum Gasteiger partial charge on any atom is -0.296 e. The zero-order valence-corrected chi connectivity index (χ0v) is 12.2. The highest BCUT2D eigenvalue weighted by Crippen LogP contribution is 2.24. The van der Waals surface area contributed by atoms with Gasteiger partial charge in [-0.3, -0.25) is 4.57 Å². The summed E-state index contributed by atoms with van der Waals surface area (Å²) in [5.74, 6) is -0.151. The molecule has 0 atom stereocenters. The number of benzene rings is 2. The molecule has 0 aliphatic carbocycles. The Hall–Kier alpha value is -1.94. The van der Waals surface area contributed by atoms with E-state index in [1.165, 1.54) is 12.1 Å². The van der Waals surface area contributed by atoms with Gasteiger partial charge in [-0.1, -0.05) is 6.07 Å². The van der Waals surface area contributed by atoms with Crippen LogP contribution in [0, 0.1) is 18.6 Å². The highest BCUT2D eigenvalue weighted by atomic mass is 35.5. The predicted molar refractivity (Wildman–Crippen MR) is 80.1 cm³/mol. The van der Waals surface area contributed by atoms with Crippen molar-refractivity contribution in [1.29, 1.82) is 0 Å². The van der Waals surface area contributed by atoms with Gasteiger partial charge in [-0.2, -0.15) is 0 Å². The van der Waals surface area contributed by atoms with E-state index in [0.717, 1.165) is 22.7 Å². The molecule has 0 radical (unpaired) electrons. The van der Waals surface area contributed by atoms with Crippen LogP contribution in [0.1, 0.15) is 11.4 Å². The van der Waals surface area contributed by atoms with E-state index in [1.54, 1.807) is 4.57 Å². The van der Waals surface area contributed by atoms with E-state index in [0.29, 0.717) is 23.8 Å². The van der Waals surface area contributed by atoms with E-state index in [-0.39, 0.29) is 0 Å². The first kappa shape index (κ1) is 14.0. The van der Waals surface area contributed by atoms with Gasteiger partial charge in [0.1, 0.15) is 17.5 Å². The Kier molecular flexibility index (Phi) is 3.64. The van der Waals surface area contributed by atoms with Gasteiger partial charge in [0.2, 0.25) is 0 Å². The smallest absolute Gasteiger partial charge is 0.128 e. The largest absolute Gasteiger partial charge is 0.296 e. The molecule has 2 aromatic carbocycles. The molecule has 3 aromatic rings. The zero-order valence-electron chi connectivity index (χ0n) is 11.4. The van der Waals surface area contributed by atoms with Crippen molar-refractivity contribution in [3.05, 3.63) is 59.4 Å². The second kappa shape index (κ2) is 5.45. The fourth-order valence-electron chi connectivity index (χ4n) is 2.45. The van der Waals surface area contributed by atoms with Crippen LogP contribution in [0.3, 0.4) is 0 Å². The van der Waals surface area contributed by atoms with Crippen molar-refractivity contribution in [1.82, 2.24) is 9.55 Å². The van der Waals surface area contributed by atoms with Gasteiger partial charge in [-0.15, -0.1) is 11.6 Å². The van der Waals surface area contributed by atoms with Crippen LogP contribution in [0.4, 0.5) is 8.78 Å². The van der Waals surface area contributed by atoms with Crippen LogP contribution < -0.4 is 0 Å². The Morgan fingerprint density at radius 1 is 1.10 bits per heavy atom. The summed E-state index contributed by atoms with van der Waals surface area (Å²) in [6.45, 7) is 1.97. The molecular weight excluding hydrogens is 294 g/mol. The number of aryl methyl sites for hydroxylation is 2. The van der Waals surface area contributed by atoms with Crippen molar-refractivity contribution in [3.8, 4) is 5.69 Å².